The molecule has 80 valence electrons. The second kappa shape index (κ2) is 6.44. The molecule has 1 aromatic carbocycles. The van der Waals surface area contributed by atoms with Crippen LogP contribution in [-0.2, 0) is 6.42 Å². The minimum absolute atomic E-state index is 0.267. The van der Waals surface area contributed by atoms with Crippen LogP contribution in [0.3, 0.4) is 0 Å². The van der Waals surface area contributed by atoms with E-state index in [0.29, 0.717) is 17.5 Å². The predicted octanol–water partition coefficient (Wildman–Crippen LogP) is 1.89. The van der Waals surface area contributed by atoms with E-state index in [4.69, 9.17) is 10.00 Å². The van der Waals surface area contributed by atoms with Gasteiger partial charge >= 0.3 is 0 Å². The Bertz CT molecular complexity index is 331. The van der Waals surface area contributed by atoms with Gasteiger partial charge in [0.15, 0.2) is 0 Å². The van der Waals surface area contributed by atoms with Crippen LogP contribution < -0.4 is 4.74 Å². The number of nitriles is 1. The number of aliphatic hydroxyl groups excluding tert-OH is 1. The summed E-state index contributed by atoms with van der Waals surface area (Å²) in [5, 5.41) is 18.2. The van der Waals surface area contributed by atoms with Gasteiger partial charge in [-0.3, -0.25) is 0 Å². The lowest BCUT2D eigenvalue weighted by molar-refractivity contribution is 0.127. The van der Waals surface area contributed by atoms with Crippen LogP contribution in [0.4, 0.5) is 0 Å². The van der Waals surface area contributed by atoms with Gasteiger partial charge in [-0.05, 0) is 17.7 Å². The summed E-state index contributed by atoms with van der Waals surface area (Å²) in [6, 6.07) is 9.37. The predicted molar refractivity (Wildman–Crippen MR) is 61.1 cm³/mol. The van der Waals surface area contributed by atoms with Gasteiger partial charge in [-0.25, -0.2) is 0 Å². The Hall–Kier alpha value is -1.05. The summed E-state index contributed by atoms with van der Waals surface area (Å²) >= 11 is 3.15. The molecule has 1 atom stereocenters. The van der Waals surface area contributed by atoms with Crippen LogP contribution in [-0.4, -0.2) is 23.1 Å². The van der Waals surface area contributed by atoms with Crippen molar-refractivity contribution in [2.24, 2.45) is 0 Å². The second-order valence-electron chi connectivity index (χ2n) is 3.10. The van der Waals surface area contributed by atoms with E-state index < -0.39 is 6.10 Å². The summed E-state index contributed by atoms with van der Waals surface area (Å²) in [5.74, 6) is 0.705. The zero-order chi connectivity index (χ0) is 11.1. The van der Waals surface area contributed by atoms with Gasteiger partial charge in [0.25, 0.3) is 0 Å². The maximum Gasteiger partial charge on any atom is 0.119 e. The van der Waals surface area contributed by atoms with Crippen LogP contribution in [0, 0.1) is 11.3 Å². The number of alkyl halides is 1. The van der Waals surface area contributed by atoms with E-state index in [-0.39, 0.29) is 6.61 Å². The molecule has 1 rings (SSSR count). The normalized spacial score (nSPS) is 11.8. The molecule has 15 heavy (non-hydrogen) atoms. The van der Waals surface area contributed by atoms with Gasteiger partial charge in [0, 0.05) is 5.33 Å². The van der Waals surface area contributed by atoms with Crippen LogP contribution in [0.15, 0.2) is 24.3 Å². The number of halogens is 1. The molecular weight excluding hydrogens is 258 g/mol. The monoisotopic (exact) mass is 269 g/mol. The molecular formula is C11H12BrNO2. The van der Waals surface area contributed by atoms with E-state index in [1.165, 1.54) is 0 Å². The van der Waals surface area contributed by atoms with Crippen molar-refractivity contribution in [2.45, 2.75) is 12.5 Å². The fourth-order valence-electron chi connectivity index (χ4n) is 1.03. The lowest BCUT2D eigenvalue weighted by Crippen LogP contribution is -2.18. The van der Waals surface area contributed by atoms with Gasteiger partial charge < -0.3 is 9.84 Å². The van der Waals surface area contributed by atoms with Gasteiger partial charge in [0.2, 0.25) is 0 Å². The number of aliphatic hydroxyl groups is 1. The van der Waals surface area contributed by atoms with Gasteiger partial charge in [-0.2, -0.15) is 5.26 Å². The topological polar surface area (TPSA) is 53.2 Å². The molecule has 1 aromatic rings. The molecule has 0 amide bonds. The molecule has 1 unspecified atom stereocenters. The summed E-state index contributed by atoms with van der Waals surface area (Å²) in [4.78, 5) is 0. The minimum atomic E-state index is -0.496. The highest BCUT2D eigenvalue weighted by Crippen LogP contribution is 2.12. The standard InChI is InChI=1S/C11H12BrNO2/c12-7-10(14)8-15-11-3-1-9(2-4-11)5-6-13/h1-4,10,14H,5,7-8H2. The molecule has 4 heteroatoms. The summed E-state index contributed by atoms with van der Waals surface area (Å²) in [6.45, 7) is 0.267. The summed E-state index contributed by atoms with van der Waals surface area (Å²) in [6.07, 6.45) is -0.0894. The molecule has 0 spiro atoms. The number of hydrogen-bond donors (Lipinski definition) is 1. The third-order valence-electron chi connectivity index (χ3n) is 1.83. The maximum atomic E-state index is 9.24. The number of ether oxygens (including phenoxy) is 1. The fraction of sp³-hybridized carbons (Fsp3) is 0.364. The Labute approximate surface area is 97.4 Å². The third kappa shape index (κ3) is 4.32. The highest BCUT2D eigenvalue weighted by atomic mass is 79.9. The molecule has 0 fully saturated rings. The molecule has 0 aromatic heterocycles. The first-order chi connectivity index (χ1) is 7.26. The largest absolute Gasteiger partial charge is 0.491 e. The number of rotatable bonds is 5. The van der Waals surface area contributed by atoms with Gasteiger partial charge in [-0.1, -0.05) is 28.1 Å². The van der Waals surface area contributed by atoms with Gasteiger partial charge in [-0.15, -0.1) is 0 Å². The molecule has 0 heterocycles. The Morgan fingerprint density at radius 3 is 2.60 bits per heavy atom. The lowest BCUT2D eigenvalue weighted by atomic mass is 10.2. The Kier molecular flexibility index (Phi) is 5.16. The minimum Gasteiger partial charge on any atom is -0.491 e. The van der Waals surface area contributed by atoms with Crippen LogP contribution in [0.5, 0.6) is 5.75 Å². The quantitative estimate of drug-likeness (QED) is 0.831. The zero-order valence-electron chi connectivity index (χ0n) is 8.19. The average molecular weight is 270 g/mol. The van der Waals surface area contributed by atoms with Gasteiger partial charge in [0.05, 0.1) is 18.6 Å². The molecule has 0 saturated heterocycles. The van der Waals surface area contributed by atoms with Crippen molar-refractivity contribution < 1.29 is 9.84 Å². The Balaban J connectivity index is 2.46. The van der Waals surface area contributed by atoms with E-state index in [1.54, 1.807) is 12.1 Å². The van der Waals surface area contributed by atoms with E-state index in [2.05, 4.69) is 22.0 Å². The van der Waals surface area contributed by atoms with Crippen molar-refractivity contribution in [1.29, 1.82) is 5.26 Å². The fourth-order valence-corrected chi connectivity index (χ4v) is 1.22. The molecule has 3 nitrogen and oxygen atoms in total. The first-order valence-electron chi connectivity index (χ1n) is 4.59. The van der Waals surface area contributed by atoms with Gasteiger partial charge in [0.1, 0.15) is 12.4 Å². The van der Waals surface area contributed by atoms with Crippen LogP contribution in [0.25, 0.3) is 0 Å². The third-order valence-corrected chi connectivity index (χ3v) is 2.57. The molecule has 0 aliphatic carbocycles. The second-order valence-corrected chi connectivity index (χ2v) is 3.75. The first kappa shape index (κ1) is 12.0. The molecule has 0 radical (unpaired) electrons. The Morgan fingerprint density at radius 2 is 2.07 bits per heavy atom. The first-order valence-corrected chi connectivity index (χ1v) is 5.71. The molecule has 0 bridgehead atoms. The van der Waals surface area contributed by atoms with Crippen molar-refractivity contribution in [3.05, 3.63) is 29.8 Å². The van der Waals surface area contributed by atoms with Crippen LogP contribution in [0.2, 0.25) is 0 Å². The molecule has 1 N–H and O–H groups in total. The Morgan fingerprint density at radius 1 is 1.40 bits per heavy atom. The maximum absolute atomic E-state index is 9.24. The average Bonchev–Trinajstić information content (AvgIpc) is 2.28. The SMILES string of the molecule is N#CCc1ccc(OCC(O)CBr)cc1. The van der Waals surface area contributed by atoms with Crippen molar-refractivity contribution in [3.63, 3.8) is 0 Å². The van der Waals surface area contributed by atoms with Crippen molar-refractivity contribution in [3.8, 4) is 11.8 Å². The summed E-state index contributed by atoms with van der Waals surface area (Å²) in [5.41, 5.74) is 0.964. The number of hydrogen-bond acceptors (Lipinski definition) is 3. The zero-order valence-corrected chi connectivity index (χ0v) is 9.77. The number of nitrogens with zero attached hydrogens (tertiary/aromatic N) is 1. The molecule has 0 aliphatic heterocycles. The summed E-state index contributed by atoms with van der Waals surface area (Å²) in [7, 11) is 0. The smallest absolute Gasteiger partial charge is 0.119 e. The van der Waals surface area contributed by atoms with E-state index in [0.717, 1.165) is 5.56 Å². The van der Waals surface area contributed by atoms with Crippen molar-refractivity contribution in [1.82, 2.24) is 0 Å². The van der Waals surface area contributed by atoms with E-state index in [9.17, 15) is 5.11 Å². The molecule has 0 saturated carbocycles. The number of benzene rings is 1. The van der Waals surface area contributed by atoms with Crippen molar-refractivity contribution in [2.75, 3.05) is 11.9 Å². The lowest BCUT2D eigenvalue weighted by Gasteiger charge is -2.09. The van der Waals surface area contributed by atoms with Crippen molar-refractivity contribution >= 4 is 15.9 Å². The van der Waals surface area contributed by atoms with Crippen LogP contribution in [0.1, 0.15) is 5.56 Å². The van der Waals surface area contributed by atoms with E-state index >= 15 is 0 Å². The van der Waals surface area contributed by atoms with E-state index in [1.807, 2.05) is 12.1 Å². The summed E-state index contributed by atoms with van der Waals surface area (Å²) < 4.78 is 5.33. The molecule has 0 aliphatic rings. The highest BCUT2D eigenvalue weighted by molar-refractivity contribution is 9.09. The van der Waals surface area contributed by atoms with Crippen LogP contribution >= 0.6 is 15.9 Å². The highest BCUT2D eigenvalue weighted by Gasteiger charge is 2.02.